The number of anilines is 1. The molecule has 1 aliphatic rings. The normalized spacial score (nSPS) is 15.8. The van der Waals surface area contributed by atoms with Crippen LogP contribution < -0.4 is 13.8 Å². The fourth-order valence-corrected chi connectivity index (χ4v) is 4.51. The Bertz CT molecular complexity index is 1070. The van der Waals surface area contributed by atoms with E-state index in [1.54, 1.807) is 19.1 Å². The van der Waals surface area contributed by atoms with Crippen LogP contribution in [-0.2, 0) is 16.4 Å². The number of rotatable bonds is 5. The molecule has 1 heterocycles. The molecule has 0 amide bonds. The van der Waals surface area contributed by atoms with E-state index in [1.807, 2.05) is 0 Å². The van der Waals surface area contributed by atoms with Gasteiger partial charge in [0.15, 0.2) is 0 Å². The van der Waals surface area contributed by atoms with Crippen molar-refractivity contribution in [2.45, 2.75) is 19.4 Å². The lowest BCUT2D eigenvalue weighted by Gasteiger charge is -2.21. The van der Waals surface area contributed by atoms with Crippen molar-refractivity contribution in [1.29, 1.82) is 0 Å². The van der Waals surface area contributed by atoms with Gasteiger partial charge in [-0.05, 0) is 49.2 Å². The van der Waals surface area contributed by atoms with Crippen LogP contribution in [0, 0.1) is 10.1 Å². The summed E-state index contributed by atoms with van der Waals surface area (Å²) in [7, 11) is -2.07. The molecule has 0 saturated carbocycles. The molecule has 1 unspecified atom stereocenters. The van der Waals surface area contributed by atoms with Gasteiger partial charge in [-0.25, -0.2) is 13.2 Å². The van der Waals surface area contributed by atoms with Gasteiger partial charge in [-0.1, -0.05) is 0 Å². The molecule has 28 heavy (non-hydrogen) atoms. The second kappa shape index (κ2) is 7.12. The fraction of sp³-hybridized carbons (Fsp3) is 0.278. The number of benzene rings is 2. The van der Waals surface area contributed by atoms with E-state index >= 15 is 0 Å². The Balaban J connectivity index is 1.90. The topological polar surface area (TPSA) is 116 Å². The van der Waals surface area contributed by atoms with Gasteiger partial charge >= 0.3 is 11.7 Å². The van der Waals surface area contributed by atoms with Crippen LogP contribution in [0.1, 0.15) is 22.8 Å². The van der Waals surface area contributed by atoms with Crippen molar-refractivity contribution >= 4 is 27.4 Å². The molecule has 0 N–H and O–H groups in total. The molecule has 0 saturated heterocycles. The maximum atomic E-state index is 12.5. The standard InChI is InChI=1S/C18H18N2O7S/c1-11-8-13-9-12(4-6-15(13)19(11)28(3,24)25)18(21)27-17-7-5-14(26-2)10-16(17)20(22)23/h4-7,9-11H,8H2,1-3H3. The molecule has 3 rings (SSSR count). The second-order valence-electron chi connectivity index (χ2n) is 6.44. The number of carbonyl (C=O) groups excluding carboxylic acids is 1. The summed E-state index contributed by atoms with van der Waals surface area (Å²) in [5.74, 6) is -0.720. The van der Waals surface area contributed by atoms with Gasteiger partial charge in [0, 0.05) is 6.04 Å². The molecule has 0 bridgehead atoms. The average Bonchev–Trinajstić information content (AvgIpc) is 2.96. The Labute approximate surface area is 161 Å². The fourth-order valence-electron chi connectivity index (χ4n) is 3.25. The molecule has 0 aromatic heterocycles. The highest BCUT2D eigenvalue weighted by atomic mass is 32.2. The molecule has 0 fully saturated rings. The molecular weight excluding hydrogens is 388 g/mol. The monoisotopic (exact) mass is 406 g/mol. The van der Waals surface area contributed by atoms with Crippen LogP contribution in [0.3, 0.4) is 0 Å². The van der Waals surface area contributed by atoms with Crippen molar-refractivity contribution in [3.05, 3.63) is 57.6 Å². The van der Waals surface area contributed by atoms with Crippen molar-refractivity contribution in [2.24, 2.45) is 0 Å². The highest BCUT2D eigenvalue weighted by Gasteiger charge is 2.33. The van der Waals surface area contributed by atoms with Crippen molar-refractivity contribution in [2.75, 3.05) is 17.7 Å². The van der Waals surface area contributed by atoms with Gasteiger partial charge < -0.3 is 9.47 Å². The van der Waals surface area contributed by atoms with Crippen LogP contribution in [0.4, 0.5) is 11.4 Å². The molecule has 0 spiro atoms. The summed E-state index contributed by atoms with van der Waals surface area (Å²) in [4.78, 5) is 23.1. The van der Waals surface area contributed by atoms with Crippen LogP contribution in [0.25, 0.3) is 0 Å². The lowest BCUT2D eigenvalue weighted by molar-refractivity contribution is -0.385. The van der Waals surface area contributed by atoms with Crippen molar-refractivity contribution < 1.29 is 27.6 Å². The molecule has 9 nitrogen and oxygen atoms in total. The Kier molecular flexibility index (Phi) is 4.99. The Hall–Kier alpha value is -3.14. The molecule has 0 aliphatic carbocycles. The highest BCUT2D eigenvalue weighted by Crippen LogP contribution is 2.36. The molecule has 0 radical (unpaired) electrons. The number of fused-ring (bicyclic) bond motifs is 1. The molecular formula is C18H18N2O7S. The quantitative estimate of drug-likeness (QED) is 0.324. The van der Waals surface area contributed by atoms with E-state index in [2.05, 4.69) is 0 Å². The minimum absolute atomic E-state index is 0.173. The summed E-state index contributed by atoms with van der Waals surface area (Å²) in [5.41, 5.74) is 0.982. The number of esters is 1. The molecule has 2 aromatic rings. The summed E-state index contributed by atoms with van der Waals surface area (Å²) >= 11 is 0. The number of nitro benzene ring substituents is 1. The number of carbonyl (C=O) groups is 1. The summed E-state index contributed by atoms with van der Waals surface area (Å²) in [5, 5.41) is 11.2. The zero-order valence-electron chi connectivity index (χ0n) is 15.4. The van der Waals surface area contributed by atoms with Crippen molar-refractivity contribution in [3.63, 3.8) is 0 Å². The van der Waals surface area contributed by atoms with Crippen molar-refractivity contribution in [1.82, 2.24) is 0 Å². The predicted molar refractivity (Wildman–Crippen MR) is 102 cm³/mol. The van der Waals surface area contributed by atoms with Gasteiger partial charge in [0.05, 0.1) is 35.6 Å². The lowest BCUT2D eigenvalue weighted by Crippen LogP contribution is -2.34. The Morgan fingerprint density at radius 1 is 1.25 bits per heavy atom. The molecule has 148 valence electrons. The maximum absolute atomic E-state index is 12.5. The van der Waals surface area contributed by atoms with Gasteiger partial charge in [0.25, 0.3) is 0 Å². The third-order valence-corrected chi connectivity index (χ3v) is 5.66. The van der Waals surface area contributed by atoms with Crippen LogP contribution in [-0.4, -0.2) is 38.7 Å². The van der Waals surface area contributed by atoms with Gasteiger partial charge in [-0.2, -0.15) is 0 Å². The number of hydrogen-bond donors (Lipinski definition) is 0. The predicted octanol–water partition coefficient (Wildman–Crippen LogP) is 2.53. The zero-order chi connectivity index (χ0) is 20.6. The maximum Gasteiger partial charge on any atom is 0.343 e. The number of ether oxygens (including phenoxy) is 2. The summed E-state index contributed by atoms with van der Waals surface area (Å²) in [6.07, 6.45) is 1.58. The van der Waals surface area contributed by atoms with E-state index in [9.17, 15) is 23.3 Å². The van der Waals surface area contributed by atoms with E-state index in [1.165, 1.54) is 29.6 Å². The van der Waals surface area contributed by atoms with Crippen LogP contribution >= 0.6 is 0 Å². The van der Waals surface area contributed by atoms with Crippen LogP contribution in [0.2, 0.25) is 0 Å². The minimum atomic E-state index is -3.44. The van der Waals surface area contributed by atoms with Crippen LogP contribution in [0.5, 0.6) is 11.5 Å². The molecule has 1 aliphatic heterocycles. The molecule has 1 atom stereocenters. The van der Waals surface area contributed by atoms with Gasteiger partial charge in [-0.15, -0.1) is 0 Å². The summed E-state index contributed by atoms with van der Waals surface area (Å²) in [6, 6.07) is 8.16. The van der Waals surface area contributed by atoms with Crippen LogP contribution in [0.15, 0.2) is 36.4 Å². The summed E-state index contributed by atoms with van der Waals surface area (Å²) < 4.78 is 35.4. The highest BCUT2D eigenvalue weighted by molar-refractivity contribution is 7.92. The van der Waals surface area contributed by atoms with E-state index in [-0.39, 0.29) is 23.1 Å². The summed E-state index contributed by atoms with van der Waals surface area (Å²) in [6.45, 7) is 1.78. The average molecular weight is 406 g/mol. The first-order valence-corrected chi connectivity index (χ1v) is 10.1. The smallest absolute Gasteiger partial charge is 0.343 e. The number of nitro groups is 1. The first-order valence-electron chi connectivity index (χ1n) is 8.28. The number of methoxy groups -OCH3 is 1. The minimum Gasteiger partial charge on any atom is -0.496 e. The van der Waals surface area contributed by atoms with Crippen molar-refractivity contribution in [3.8, 4) is 11.5 Å². The Morgan fingerprint density at radius 2 is 1.96 bits per heavy atom. The van der Waals surface area contributed by atoms with E-state index in [0.29, 0.717) is 17.7 Å². The number of hydrogen-bond acceptors (Lipinski definition) is 7. The second-order valence-corrected chi connectivity index (χ2v) is 8.30. The van der Waals surface area contributed by atoms with Gasteiger partial charge in [-0.3, -0.25) is 14.4 Å². The van der Waals surface area contributed by atoms with Gasteiger partial charge in [0.1, 0.15) is 5.75 Å². The molecule has 10 heteroatoms. The largest absolute Gasteiger partial charge is 0.496 e. The van der Waals surface area contributed by atoms with Gasteiger partial charge in [0.2, 0.25) is 15.8 Å². The SMILES string of the molecule is COc1ccc(OC(=O)c2ccc3c(c2)CC(C)N3S(C)(=O)=O)c([N+](=O)[O-])c1. The number of sulfonamides is 1. The zero-order valence-corrected chi connectivity index (χ0v) is 16.2. The lowest BCUT2D eigenvalue weighted by atomic mass is 10.1. The molecule has 2 aromatic carbocycles. The Morgan fingerprint density at radius 3 is 2.57 bits per heavy atom. The number of nitrogens with zero attached hydrogens (tertiary/aromatic N) is 2. The van der Waals surface area contributed by atoms with E-state index in [0.717, 1.165) is 12.3 Å². The van der Waals surface area contributed by atoms with E-state index in [4.69, 9.17) is 9.47 Å². The third kappa shape index (κ3) is 3.63. The first kappa shape index (κ1) is 19.6. The van der Waals surface area contributed by atoms with E-state index < -0.39 is 26.6 Å². The third-order valence-electron chi connectivity index (χ3n) is 4.39. The first-order chi connectivity index (χ1) is 13.1.